The summed E-state index contributed by atoms with van der Waals surface area (Å²) in [5.74, 6) is -2.29. The topological polar surface area (TPSA) is 237 Å². The molecule has 0 aliphatic rings. The third-order valence-electron chi connectivity index (χ3n) is 16.5. The van der Waals surface area contributed by atoms with Crippen LogP contribution in [0.25, 0.3) is 0 Å². The number of hydrogen-bond donors (Lipinski definition) is 3. The van der Waals surface area contributed by atoms with Gasteiger partial charge in [0.05, 0.1) is 26.4 Å². The number of phosphoric ester groups is 2. The molecular formula is C81H142O17P2. The molecule has 0 amide bonds. The van der Waals surface area contributed by atoms with Gasteiger partial charge in [-0.15, -0.1) is 0 Å². The molecule has 0 heterocycles. The summed E-state index contributed by atoms with van der Waals surface area (Å²) in [6.45, 7) is 4.72. The molecule has 0 bridgehead atoms. The van der Waals surface area contributed by atoms with Crippen molar-refractivity contribution in [2.45, 2.75) is 354 Å². The van der Waals surface area contributed by atoms with Crippen LogP contribution in [0.2, 0.25) is 0 Å². The molecular weight excluding hydrogens is 1310 g/mol. The zero-order valence-corrected chi connectivity index (χ0v) is 64.9. The van der Waals surface area contributed by atoms with Crippen LogP contribution in [-0.4, -0.2) is 96.7 Å². The number of unbranched alkanes of at least 4 members (excludes halogenated alkanes) is 32. The predicted octanol–water partition coefficient (Wildman–Crippen LogP) is 22.8. The lowest BCUT2D eigenvalue weighted by atomic mass is 10.1. The average Bonchev–Trinajstić information content (AvgIpc) is 0.929. The number of ether oxygens (including phenoxy) is 4. The third-order valence-corrected chi connectivity index (χ3v) is 18.4. The van der Waals surface area contributed by atoms with E-state index in [9.17, 15) is 43.2 Å². The number of aliphatic hydroxyl groups is 1. The van der Waals surface area contributed by atoms with Gasteiger partial charge in [0.25, 0.3) is 0 Å². The molecule has 2 unspecified atom stereocenters. The predicted molar refractivity (Wildman–Crippen MR) is 409 cm³/mol. The number of hydrogen-bond acceptors (Lipinski definition) is 15. The van der Waals surface area contributed by atoms with Gasteiger partial charge in [0.2, 0.25) is 0 Å². The molecule has 0 fully saturated rings. The number of carbonyl (C=O) groups is 4. The molecule has 578 valence electrons. The fourth-order valence-corrected chi connectivity index (χ4v) is 12.0. The van der Waals surface area contributed by atoms with E-state index in [4.69, 9.17) is 37.0 Å². The van der Waals surface area contributed by atoms with Crippen molar-refractivity contribution in [2.24, 2.45) is 0 Å². The standard InChI is InChI=1S/C81H142O17P2/c1-5-9-13-17-21-25-29-33-35-36-37-38-40-44-48-52-56-60-64-68-81(86)98-77(71-91-78(83)65-61-57-53-49-45-41-31-27-23-19-15-11-7-3)74-96-100(89,90)94-70-75(82)69-93-99(87,88)95-73-76(97-80(85)67-63-59-55-51-47-42-32-28-24-20-16-12-8-4)72-92-79(84)66-62-58-54-50-46-43-39-34-30-26-22-18-14-10-6-2/h21,25,27-28,31-35,37-39,44,48,56,60,75-77,82H,5-20,22-24,26,29-30,36,40-43,45-47,49-55,57-59,61-74H2,1-4H3,(H,87,88)(H,89,90)/b25-21-,31-27-,32-28-,35-33-,38-37-,39-34-,48-44-,60-56-/t75-,76-,77-/m1/s1. The fourth-order valence-electron chi connectivity index (χ4n) is 10.4. The molecule has 0 spiro atoms. The Morgan fingerprint density at radius 2 is 0.510 bits per heavy atom. The van der Waals surface area contributed by atoms with Crippen LogP contribution >= 0.6 is 15.6 Å². The summed E-state index contributed by atoms with van der Waals surface area (Å²) in [4.78, 5) is 72.9. The molecule has 0 saturated heterocycles. The van der Waals surface area contributed by atoms with Gasteiger partial charge in [-0.3, -0.25) is 37.3 Å². The molecule has 0 aromatic rings. The van der Waals surface area contributed by atoms with Crippen molar-refractivity contribution < 1.29 is 80.2 Å². The van der Waals surface area contributed by atoms with Crippen LogP contribution in [-0.2, 0) is 65.4 Å². The van der Waals surface area contributed by atoms with Gasteiger partial charge >= 0.3 is 39.5 Å². The second-order valence-electron chi connectivity index (χ2n) is 26.3. The molecule has 0 saturated carbocycles. The Morgan fingerprint density at radius 1 is 0.280 bits per heavy atom. The van der Waals surface area contributed by atoms with Crippen LogP contribution in [0.3, 0.4) is 0 Å². The van der Waals surface area contributed by atoms with Crippen molar-refractivity contribution in [1.29, 1.82) is 0 Å². The first-order valence-electron chi connectivity index (χ1n) is 39.5. The minimum atomic E-state index is -5.00. The van der Waals surface area contributed by atoms with Crippen LogP contribution in [0.15, 0.2) is 97.2 Å². The Bertz CT molecular complexity index is 2270. The Balaban J connectivity index is 5.42. The van der Waals surface area contributed by atoms with Crippen LogP contribution < -0.4 is 0 Å². The van der Waals surface area contributed by atoms with Crippen LogP contribution in [0, 0.1) is 0 Å². The van der Waals surface area contributed by atoms with E-state index >= 15 is 0 Å². The molecule has 3 N–H and O–H groups in total. The summed E-state index contributed by atoms with van der Waals surface area (Å²) in [6, 6.07) is 0. The van der Waals surface area contributed by atoms with E-state index in [1.165, 1.54) is 109 Å². The fraction of sp³-hybridized carbons (Fsp3) is 0.753. The van der Waals surface area contributed by atoms with Crippen molar-refractivity contribution in [1.82, 2.24) is 0 Å². The normalized spacial score (nSPS) is 14.4. The van der Waals surface area contributed by atoms with Crippen LogP contribution in [0.4, 0.5) is 0 Å². The van der Waals surface area contributed by atoms with Gasteiger partial charge in [-0.2, -0.15) is 0 Å². The molecule has 0 aliphatic carbocycles. The number of phosphoric acid groups is 2. The molecule has 17 nitrogen and oxygen atoms in total. The number of carbonyl (C=O) groups excluding carboxylic acids is 4. The van der Waals surface area contributed by atoms with Gasteiger partial charge < -0.3 is 33.8 Å². The minimum absolute atomic E-state index is 0.0299. The first-order chi connectivity index (χ1) is 48.7. The highest BCUT2D eigenvalue weighted by molar-refractivity contribution is 7.47. The van der Waals surface area contributed by atoms with E-state index in [0.29, 0.717) is 32.1 Å². The van der Waals surface area contributed by atoms with Gasteiger partial charge in [-0.05, 0) is 141 Å². The minimum Gasteiger partial charge on any atom is -0.462 e. The number of aliphatic hydroxyl groups excluding tert-OH is 1. The van der Waals surface area contributed by atoms with E-state index in [1.807, 2.05) is 18.2 Å². The highest BCUT2D eigenvalue weighted by Gasteiger charge is 2.30. The molecule has 0 aromatic carbocycles. The van der Waals surface area contributed by atoms with Crippen molar-refractivity contribution in [3.8, 4) is 0 Å². The van der Waals surface area contributed by atoms with E-state index in [-0.39, 0.29) is 25.7 Å². The van der Waals surface area contributed by atoms with Crippen LogP contribution in [0.5, 0.6) is 0 Å². The number of rotatable bonds is 74. The average molecular weight is 1450 g/mol. The van der Waals surface area contributed by atoms with E-state index in [0.717, 1.165) is 141 Å². The maximum Gasteiger partial charge on any atom is 0.472 e. The molecule has 0 aromatic heterocycles. The van der Waals surface area contributed by atoms with Crippen LogP contribution in [0.1, 0.15) is 336 Å². The molecule has 100 heavy (non-hydrogen) atoms. The van der Waals surface area contributed by atoms with E-state index in [2.05, 4.69) is 107 Å². The molecule has 0 aliphatic heterocycles. The SMILES string of the molecule is CCCCC/C=C\C/C=C\C/C=C\C/C=C\C/C=C\CCC(=O)O[C@H](COC(=O)CCCCCCC/C=C\CCCCCC)COP(=O)(O)OC[C@H](O)COP(=O)(O)OC[C@@H](COC(=O)CCCCCCC/C=C\CCCCCCCC)OC(=O)CCCCCCC/C=C\CCCCCC. The Hall–Kier alpha value is -4.02. The quantitative estimate of drug-likeness (QED) is 0.0169. The van der Waals surface area contributed by atoms with Gasteiger partial charge in [0, 0.05) is 25.7 Å². The number of allylic oxidation sites excluding steroid dienone is 16. The molecule has 19 heteroatoms. The summed E-state index contributed by atoms with van der Waals surface area (Å²) in [6.07, 6.45) is 76.9. The van der Waals surface area contributed by atoms with E-state index in [1.54, 1.807) is 0 Å². The maximum atomic E-state index is 13.1. The van der Waals surface area contributed by atoms with Gasteiger partial charge in [-0.1, -0.05) is 266 Å². The molecule has 5 atom stereocenters. The Morgan fingerprint density at radius 3 is 0.850 bits per heavy atom. The van der Waals surface area contributed by atoms with Crippen molar-refractivity contribution >= 4 is 39.5 Å². The monoisotopic (exact) mass is 1450 g/mol. The summed E-state index contributed by atoms with van der Waals surface area (Å²) < 4.78 is 68.4. The Labute approximate surface area is 607 Å². The lowest BCUT2D eigenvalue weighted by Crippen LogP contribution is -2.30. The lowest BCUT2D eigenvalue weighted by Gasteiger charge is -2.21. The van der Waals surface area contributed by atoms with Gasteiger partial charge in [-0.25, -0.2) is 9.13 Å². The highest BCUT2D eigenvalue weighted by Crippen LogP contribution is 2.45. The first kappa shape index (κ1) is 96.0. The summed E-state index contributed by atoms with van der Waals surface area (Å²) in [5.41, 5.74) is 0. The summed E-state index contributed by atoms with van der Waals surface area (Å²) in [5, 5.41) is 10.6. The largest absolute Gasteiger partial charge is 0.472 e. The van der Waals surface area contributed by atoms with Gasteiger partial charge in [0.15, 0.2) is 12.2 Å². The summed E-state index contributed by atoms with van der Waals surface area (Å²) in [7, 11) is -9.98. The van der Waals surface area contributed by atoms with Crippen molar-refractivity contribution in [3.63, 3.8) is 0 Å². The first-order valence-corrected chi connectivity index (χ1v) is 42.5. The highest BCUT2D eigenvalue weighted by atomic mass is 31.2. The third kappa shape index (κ3) is 72.3. The number of esters is 4. The zero-order valence-electron chi connectivity index (χ0n) is 63.1. The second-order valence-corrected chi connectivity index (χ2v) is 29.2. The molecule has 0 rings (SSSR count). The smallest absolute Gasteiger partial charge is 0.462 e. The van der Waals surface area contributed by atoms with Crippen molar-refractivity contribution in [3.05, 3.63) is 97.2 Å². The molecule has 0 radical (unpaired) electrons. The van der Waals surface area contributed by atoms with Crippen molar-refractivity contribution in [2.75, 3.05) is 39.6 Å². The second kappa shape index (κ2) is 73.3. The zero-order chi connectivity index (χ0) is 73.2. The van der Waals surface area contributed by atoms with E-state index < -0.39 is 97.5 Å². The summed E-state index contributed by atoms with van der Waals surface area (Å²) >= 11 is 0. The Kier molecular flexibility index (Phi) is 70.4. The maximum absolute atomic E-state index is 13.1. The lowest BCUT2D eigenvalue weighted by molar-refractivity contribution is -0.161. The van der Waals surface area contributed by atoms with Gasteiger partial charge in [0.1, 0.15) is 19.3 Å².